The summed E-state index contributed by atoms with van der Waals surface area (Å²) >= 11 is 0. The van der Waals surface area contributed by atoms with E-state index in [1.165, 1.54) is 11.8 Å². The van der Waals surface area contributed by atoms with Crippen molar-refractivity contribution in [1.29, 1.82) is 0 Å². The molecule has 3 aromatic rings. The van der Waals surface area contributed by atoms with Gasteiger partial charge in [-0.05, 0) is 49.2 Å². The van der Waals surface area contributed by atoms with Gasteiger partial charge in [-0.3, -0.25) is 9.69 Å². The molecule has 168 valence electrons. The van der Waals surface area contributed by atoms with Crippen molar-refractivity contribution in [2.24, 2.45) is 0 Å². The van der Waals surface area contributed by atoms with E-state index in [0.29, 0.717) is 17.7 Å². The minimum Gasteiger partial charge on any atom is -0.508 e. The number of hydrogen-bond acceptors (Lipinski definition) is 5. The molecule has 3 aromatic carbocycles. The lowest BCUT2D eigenvalue weighted by atomic mass is 10.0. The van der Waals surface area contributed by atoms with Crippen molar-refractivity contribution in [2.75, 3.05) is 25.0 Å². The van der Waals surface area contributed by atoms with E-state index < -0.39 is 0 Å². The van der Waals surface area contributed by atoms with Crippen LogP contribution < -0.4 is 4.90 Å². The lowest BCUT2D eigenvalue weighted by Crippen LogP contribution is -2.39. The Labute approximate surface area is 190 Å². The fourth-order valence-electron chi connectivity index (χ4n) is 3.72. The number of aliphatic hydroxyl groups excluding tert-OH is 1. The van der Waals surface area contributed by atoms with Gasteiger partial charge in [0, 0.05) is 43.0 Å². The maximum Gasteiger partial charge on any atom is 0.176 e. The molecule has 0 saturated heterocycles. The first-order valence-corrected chi connectivity index (χ1v) is 11.0. The largest absolute Gasteiger partial charge is 0.508 e. The molecule has 0 radical (unpaired) electrons. The van der Waals surface area contributed by atoms with E-state index in [1.807, 2.05) is 36.4 Å². The molecule has 1 atom stereocenters. The first-order chi connectivity index (χ1) is 15.5. The Balaban J connectivity index is 1.71. The van der Waals surface area contributed by atoms with E-state index in [4.69, 9.17) is 0 Å². The Morgan fingerprint density at radius 2 is 1.62 bits per heavy atom. The van der Waals surface area contributed by atoms with Crippen molar-refractivity contribution in [1.82, 2.24) is 4.90 Å². The standard InChI is InChI=1S/C27H32N2O3/c1-21(15-16-28(2)25-11-7-4-8-12-25)29(18-22-9-5-3-6-10-22)19-27(32)23-13-14-26(31)24(17-23)20-30/h3-14,17,21,30-31H,15-16,18-20H2,1-2H3. The molecule has 0 amide bonds. The number of aromatic hydroxyl groups is 1. The number of phenols is 1. The van der Waals surface area contributed by atoms with Crippen molar-refractivity contribution in [3.63, 3.8) is 0 Å². The first kappa shape index (κ1) is 23.5. The topological polar surface area (TPSA) is 64.0 Å². The number of carbonyl (C=O) groups is 1. The van der Waals surface area contributed by atoms with Crippen LogP contribution in [0.15, 0.2) is 78.9 Å². The van der Waals surface area contributed by atoms with Gasteiger partial charge in [-0.15, -0.1) is 0 Å². The normalized spacial score (nSPS) is 12.0. The second-order valence-corrected chi connectivity index (χ2v) is 8.21. The highest BCUT2D eigenvalue weighted by Crippen LogP contribution is 2.20. The van der Waals surface area contributed by atoms with Crippen molar-refractivity contribution in [3.8, 4) is 5.75 Å². The van der Waals surface area contributed by atoms with Gasteiger partial charge in [0.1, 0.15) is 5.75 Å². The number of rotatable bonds is 11. The third kappa shape index (κ3) is 6.42. The van der Waals surface area contributed by atoms with Crippen LogP contribution in [-0.2, 0) is 13.2 Å². The van der Waals surface area contributed by atoms with Crippen molar-refractivity contribution < 1.29 is 15.0 Å². The smallest absolute Gasteiger partial charge is 0.176 e. The lowest BCUT2D eigenvalue weighted by molar-refractivity contribution is 0.0885. The summed E-state index contributed by atoms with van der Waals surface area (Å²) in [5.41, 5.74) is 3.19. The monoisotopic (exact) mass is 432 g/mol. The van der Waals surface area contributed by atoms with Gasteiger partial charge in [0.2, 0.25) is 0 Å². The molecule has 0 bridgehead atoms. The van der Waals surface area contributed by atoms with Crippen LogP contribution in [0.5, 0.6) is 5.75 Å². The van der Waals surface area contributed by atoms with Crippen LogP contribution >= 0.6 is 0 Å². The number of hydrogen-bond donors (Lipinski definition) is 2. The lowest BCUT2D eigenvalue weighted by Gasteiger charge is -2.30. The molecule has 5 nitrogen and oxygen atoms in total. The number of benzene rings is 3. The summed E-state index contributed by atoms with van der Waals surface area (Å²) < 4.78 is 0. The van der Waals surface area contributed by atoms with E-state index >= 15 is 0 Å². The molecule has 0 aliphatic rings. The van der Waals surface area contributed by atoms with Crippen LogP contribution in [0.3, 0.4) is 0 Å². The number of nitrogens with zero attached hydrogens (tertiary/aromatic N) is 2. The molecule has 0 heterocycles. The Kier molecular flexibility index (Phi) is 8.42. The molecule has 0 aromatic heterocycles. The van der Waals surface area contributed by atoms with Crippen LogP contribution in [0.25, 0.3) is 0 Å². The molecule has 32 heavy (non-hydrogen) atoms. The van der Waals surface area contributed by atoms with Crippen molar-refractivity contribution in [3.05, 3.63) is 95.6 Å². The third-order valence-electron chi connectivity index (χ3n) is 5.85. The van der Waals surface area contributed by atoms with Crippen LogP contribution in [0, 0.1) is 0 Å². The highest BCUT2D eigenvalue weighted by atomic mass is 16.3. The minimum absolute atomic E-state index is 0.00232. The summed E-state index contributed by atoms with van der Waals surface area (Å²) in [6.07, 6.45) is 0.906. The van der Waals surface area contributed by atoms with Crippen LogP contribution in [-0.4, -0.2) is 47.1 Å². The zero-order valence-corrected chi connectivity index (χ0v) is 18.8. The number of Topliss-reactive ketones (excluding diaryl/α,β-unsaturated/α-hetero) is 1. The number of ketones is 1. The highest BCUT2D eigenvalue weighted by Gasteiger charge is 2.20. The molecule has 2 N–H and O–H groups in total. The second kappa shape index (κ2) is 11.5. The molecule has 0 aliphatic carbocycles. The molecule has 0 spiro atoms. The van der Waals surface area contributed by atoms with Crippen LogP contribution in [0.1, 0.15) is 34.8 Å². The zero-order valence-electron chi connectivity index (χ0n) is 18.8. The maximum absolute atomic E-state index is 13.1. The van der Waals surface area contributed by atoms with Gasteiger partial charge in [0.15, 0.2) is 5.78 Å². The minimum atomic E-state index is -0.303. The first-order valence-electron chi connectivity index (χ1n) is 11.0. The summed E-state index contributed by atoms with van der Waals surface area (Å²) in [5, 5.41) is 19.2. The van der Waals surface area contributed by atoms with Gasteiger partial charge in [0.05, 0.1) is 13.2 Å². The molecule has 1 unspecified atom stereocenters. The Bertz CT molecular complexity index is 992. The van der Waals surface area contributed by atoms with Gasteiger partial charge < -0.3 is 15.1 Å². The fraction of sp³-hybridized carbons (Fsp3) is 0.296. The molecule has 0 aliphatic heterocycles. The Morgan fingerprint density at radius 3 is 2.28 bits per heavy atom. The predicted octanol–water partition coefficient (Wildman–Crippen LogP) is 4.48. The average molecular weight is 433 g/mol. The number of aliphatic hydroxyl groups is 1. The highest BCUT2D eigenvalue weighted by molar-refractivity contribution is 5.98. The summed E-state index contributed by atoms with van der Waals surface area (Å²) in [4.78, 5) is 17.5. The number of anilines is 1. The zero-order chi connectivity index (χ0) is 22.9. The number of carbonyl (C=O) groups excluding carboxylic acids is 1. The molecular weight excluding hydrogens is 400 g/mol. The Hall–Kier alpha value is -3.15. The molecular formula is C27H32N2O3. The maximum atomic E-state index is 13.1. The van der Waals surface area contributed by atoms with Gasteiger partial charge in [-0.25, -0.2) is 0 Å². The van der Waals surface area contributed by atoms with E-state index in [2.05, 4.69) is 48.0 Å². The second-order valence-electron chi connectivity index (χ2n) is 8.21. The number of para-hydroxylation sites is 1. The van der Waals surface area contributed by atoms with Crippen LogP contribution in [0.4, 0.5) is 5.69 Å². The SMILES string of the molecule is CC(CCN(C)c1ccccc1)N(CC(=O)c1ccc(O)c(CO)c1)Cc1ccccc1. The van der Waals surface area contributed by atoms with Gasteiger partial charge in [-0.1, -0.05) is 48.5 Å². The third-order valence-corrected chi connectivity index (χ3v) is 5.85. The van der Waals surface area contributed by atoms with Crippen molar-refractivity contribution >= 4 is 11.5 Å². The summed E-state index contributed by atoms with van der Waals surface area (Å²) in [6.45, 7) is 3.67. The van der Waals surface area contributed by atoms with Crippen LogP contribution in [0.2, 0.25) is 0 Å². The molecule has 3 rings (SSSR count). The van der Waals surface area contributed by atoms with Gasteiger partial charge in [-0.2, -0.15) is 0 Å². The summed E-state index contributed by atoms with van der Waals surface area (Å²) in [6, 6.07) is 25.3. The van der Waals surface area contributed by atoms with E-state index in [9.17, 15) is 15.0 Å². The molecule has 0 fully saturated rings. The predicted molar refractivity (Wildman–Crippen MR) is 129 cm³/mol. The van der Waals surface area contributed by atoms with Crippen molar-refractivity contribution in [2.45, 2.75) is 32.5 Å². The van der Waals surface area contributed by atoms with Gasteiger partial charge in [0.25, 0.3) is 0 Å². The fourth-order valence-corrected chi connectivity index (χ4v) is 3.72. The summed E-state index contributed by atoms with van der Waals surface area (Å²) in [5.74, 6) is -0.0265. The van der Waals surface area contributed by atoms with E-state index in [-0.39, 0.29) is 30.7 Å². The summed E-state index contributed by atoms with van der Waals surface area (Å²) in [7, 11) is 2.08. The quantitative estimate of drug-likeness (QED) is 0.437. The van der Waals surface area contributed by atoms with E-state index in [1.54, 1.807) is 12.1 Å². The molecule has 5 heteroatoms. The van der Waals surface area contributed by atoms with Gasteiger partial charge >= 0.3 is 0 Å². The Morgan fingerprint density at radius 1 is 0.969 bits per heavy atom. The average Bonchev–Trinajstić information content (AvgIpc) is 2.83. The van der Waals surface area contributed by atoms with E-state index in [0.717, 1.165) is 18.5 Å². The molecule has 0 saturated carbocycles.